The lowest BCUT2D eigenvalue weighted by molar-refractivity contribution is 0.0472. The lowest BCUT2D eigenvalue weighted by Gasteiger charge is -2.12. The van der Waals surface area contributed by atoms with E-state index in [1.54, 1.807) is 30.3 Å². The number of esters is 1. The number of carbonyl (C=O) groups excluding carboxylic acids is 2. The number of nitrogens with one attached hydrogen (secondary N) is 2. The average Bonchev–Trinajstić information content (AvgIpc) is 2.93. The van der Waals surface area contributed by atoms with Crippen molar-refractivity contribution >= 4 is 21.9 Å². The molecule has 0 saturated heterocycles. The fourth-order valence-electron chi connectivity index (χ4n) is 3.57. The van der Waals surface area contributed by atoms with E-state index in [9.17, 15) is 22.4 Å². The Morgan fingerprint density at radius 1 is 0.838 bits per heavy atom. The Bertz CT molecular complexity index is 1540. The molecule has 188 valence electrons. The third-order valence-electron chi connectivity index (χ3n) is 5.50. The summed E-state index contributed by atoms with van der Waals surface area (Å²) in [5, 5.41) is 0. The molecule has 0 heterocycles. The molecule has 0 fully saturated rings. The largest absolute Gasteiger partial charge is 0.457 e. The van der Waals surface area contributed by atoms with E-state index in [0.29, 0.717) is 11.1 Å². The molecular weight excluding hydrogens is 495 g/mol. The predicted octanol–water partition coefficient (Wildman–Crippen LogP) is 4.78. The minimum absolute atomic E-state index is 0.0586. The Labute approximate surface area is 213 Å². The molecule has 0 aliphatic carbocycles. The normalized spacial score (nSPS) is 11.1. The molecule has 0 aliphatic heterocycles. The second-order valence-electron chi connectivity index (χ2n) is 8.17. The van der Waals surface area contributed by atoms with Crippen LogP contribution in [0.5, 0.6) is 0 Å². The number of halogens is 1. The van der Waals surface area contributed by atoms with Gasteiger partial charge < -0.3 is 4.74 Å². The van der Waals surface area contributed by atoms with E-state index in [-0.39, 0.29) is 28.2 Å². The summed E-state index contributed by atoms with van der Waals surface area (Å²) in [6.07, 6.45) is 0. The highest BCUT2D eigenvalue weighted by Gasteiger charge is 2.20. The summed E-state index contributed by atoms with van der Waals surface area (Å²) in [4.78, 5) is 27.2. The Morgan fingerprint density at radius 2 is 1.51 bits per heavy atom. The molecule has 4 rings (SSSR count). The number of amides is 1. The van der Waals surface area contributed by atoms with Crippen LogP contribution in [0.2, 0.25) is 0 Å². The smallest absolute Gasteiger partial charge is 0.338 e. The summed E-state index contributed by atoms with van der Waals surface area (Å²) in [7, 11) is -4.05. The topological polar surface area (TPSA) is 102 Å². The van der Waals surface area contributed by atoms with Crippen molar-refractivity contribution in [2.75, 3.05) is 0 Å². The lowest BCUT2D eigenvalue weighted by atomic mass is 9.98. The fraction of sp³-hybridized carbons (Fsp3) is 0.0714. The van der Waals surface area contributed by atoms with E-state index in [0.717, 1.165) is 5.56 Å². The number of hydrogen-bond donors (Lipinski definition) is 2. The minimum Gasteiger partial charge on any atom is -0.457 e. The molecule has 4 aromatic carbocycles. The van der Waals surface area contributed by atoms with Crippen molar-refractivity contribution < 1.29 is 27.1 Å². The number of carbonyl (C=O) groups is 2. The van der Waals surface area contributed by atoms with Gasteiger partial charge in [0.05, 0.1) is 16.0 Å². The van der Waals surface area contributed by atoms with Gasteiger partial charge in [-0.15, -0.1) is 4.83 Å². The first-order chi connectivity index (χ1) is 17.7. The first kappa shape index (κ1) is 25.7. The van der Waals surface area contributed by atoms with Crippen LogP contribution in [0.3, 0.4) is 0 Å². The van der Waals surface area contributed by atoms with Crippen LogP contribution in [-0.4, -0.2) is 20.3 Å². The van der Waals surface area contributed by atoms with Crippen molar-refractivity contribution in [3.05, 3.63) is 125 Å². The summed E-state index contributed by atoms with van der Waals surface area (Å²) >= 11 is 0. The van der Waals surface area contributed by atoms with Crippen molar-refractivity contribution in [3.8, 4) is 11.1 Å². The van der Waals surface area contributed by atoms with E-state index in [4.69, 9.17) is 4.74 Å². The van der Waals surface area contributed by atoms with Crippen molar-refractivity contribution in [2.45, 2.75) is 18.4 Å². The van der Waals surface area contributed by atoms with Gasteiger partial charge in [-0.3, -0.25) is 10.2 Å². The monoisotopic (exact) mass is 518 g/mol. The highest BCUT2D eigenvalue weighted by atomic mass is 32.2. The molecule has 2 N–H and O–H groups in total. The van der Waals surface area contributed by atoms with E-state index in [1.807, 2.05) is 35.2 Å². The molecule has 0 bridgehead atoms. The van der Waals surface area contributed by atoms with Crippen molar-refractivity contribution in [1.82, 2.24) is 10.3 Å². The third-order valence-corrected chi connectivity index (χ3v) is 6.76. The zero-order valence-electron chi connectivity index (χ0n) is 19.8. The first-order valence-electron chi connectivity index (χ1n) is 11.2. The lowest BCUT2D eigenvalue weighted by Crippen LogP contribution is -2.41. The van der Waals surface area contributed by atoms with Gasteiger partial charge in [0.15, 0.2) is 0 Å². The Balaban J connectivity index is 1.53. The standard InChI is InChI=1S/C28H23FN2O5S/c1-19-15-23(21-11-8-12-22(16-21)28(33)36-18-20-9-4-2-5-10-20)17-25(26(19)29)27(32)30-31-37(34,35)24-13-6-3-7-14-24/h2-17,31H,18H2,1H3,(H,30,32). The number of ether oxygens (including phenoxy) is 1. The molecule has 37 heavy (non-hydrogen) atoms. The molecule has 0 atom stereocenters. The molecule has 0 aliphatic rings. The van der Waals surface area contributed by atoms with Crippen molar-refractivity contribution in [2.24, 2.45) is 0 Å². The molecular formula is C28H23FN2O5S. The fourth-order valence-corrected chi connectivity index (χ4v) is 4.43. The SMILES string of the molecule is Cc1cc(-c2cccc(C(=O)OCc3ccccc3)c2)cc(C(=O)NNS(=O)(=O)c2ccccc2)c1F. The maximum Gasteiger partial charge on any atom is 0.338 e. The summed E-state index contributed by atoms with van der Waals surface area (Å²) in [6, 6.07) is 26.1. The van der Waals surface area contributed by atoms with Gasteiger partial charge in [-0.1, -0.05) is 60.7 Å². The molecule has 1 amide bonds. The van der Waals surface area contributed by atoms with Gasteiger partial charge in [0, 0.05) is 0 Å². The van der Waals surface area contributed by atoms with E-state index in [2.05, 4.69) is 5.43 Å². The molecule has 0 radical (unpaired) electrons. The summed E-state index contributed by atoms with van der Waals surface area (Å²) in [5.74, 6) is -2.29. The highest BCUT2D eigenvalue weighted by Crippen LogP contribution is 2.26. The number of rotatable bonds is 8. The van der Waals surface area contributed by atoms with Crippen LogP contribution in [0.4, 0.5) is 4.39 Å². The molecule has 0 saturated carbocycles. The molecule has 0 unspecified atom stereocenters. The van der Waals surface area contributed by atoms with Crippen LogP contribution in [0.25, 0.3) is 11.1 Å². The van der Waals surface area contributed by atoms with Crippen LogP contribution in [0, 0.1) is 12.7 Å². The van der Waals surface area contributed by atoms with Gasteiger partial charge in [-0.05, 0) is 65.6 Å². The molecule has 0 aromatic heterocycles. The van der Waals surface area contributed by atoms with Gasteiger partial charge in [0.25, 0.3) is 15.9 Å². The highest BCUT2D eigenvalue weighted by molar-refractivity contribution is 7.89. The zero-order chi connectivity index (χ0) is 26.4. The Hall–Kier alpha value is -4.34. The van der Waals surface area contributed by atoms with E-state index in [1.165, 1.54) is 43.3 Å². The van der Waals surface area contributed by atoms with Crippen LogP contribution < -0.4 is 10.3 Å². The second-order valence-corrected chi connectivity index (χ2v) is 9.85. The molecule has 9 heteroatoms. The van der Waals surface area contributed by atoms with Gasteiger partial charge in [0.2, 0.25) is 0 Å². The van der Waals surface area contributed by atoms with Gasteiger partial charge in [-0.2, -0.15) is 0 Å². The number of hydrogen-bond acceptors (Lipinski definition) is 5. The second kappa shape index (κ2) is 11.2. The van der Waals surface area contributed by atoms with Crippen LogP contribution >= 0.6 is 0 Å². The summed E-state index contributed by atoms with van der Waals surface area (Å²) in [5.41, 5.74) is 4.02. The van der Waals surface area contributed by atoms with E-state index >= 15 is 0 Å². The van der Waals surface area contributed by atoms with E-state index < -0.39 is 27.7 Å². The summed E-state index contributed by atoms with van der Waals surface area (Å²) in [6.45, 7) is 1.60. The Kier molecular flexibility index (Phi) is 7.76. The maximum absolute atomic E-state index is 14.8. The average molecular weight is 519 g/mol. The Morgan fingerprint density at radius 3 is 2.22 bits per heavy atom. The third kappa shape index (κ3) is 6.27. The number of hydrazine groups is 1. The van der Waals surface area contributed by atoms with Crippen LogP contribution in [0.15, 0.2) is 102 Å². The van der Waals surface area contributed by atoms with Gasteiger partial charge in [0.1, 0.15) is 12.4 Å². The van der Waals surface area contributed by atoms with Crippen molar-refractivity contribution in [3.63, 3.8) is 0 Å². The van der Waals surface area contributed by atoms with Gasteiger partial charge >= 0.3 is 5.97 Å². The molecule has 4 aromatic rings. The molecule has 0 spiro atoms. The number of benzene rings is 4. The minimum atomic E-state index is -4.05. The first-order valence-corrected chi connectivity index (χ1v) is 12.7. The maximum atomic E-state index is 14.8. The van der Waals surface area contributed by atoms with Gasteiger partial charge in [-0.25, -0.2) is 17.6 Å². The predicted molar refractivity (Wildman–Crippen MR) is 136 cm³/mol. The molecule has 7 nitrogen and oxygen atoms in total. The zero-order valence-corrected chi connectivity index (χ0v) is 20.6. The van der Waals surface area contributed by atoms with Crippen LogP contribution in [-0.2, 0) is 21.4 Å². The summed E-state index contributed by atoms with van der Waals surface area (Å²) < 4.78 is 45.0. The number of aryl methyl sites for hydroxylation is 1. The van der Waals surface area contributed by atoms with Crippen LogP contribution in [0.1, 0.15) is 31.8 Å². The number of sulfonamides is 1. The van der Waals surface area contributed by atoms with Crippen molar-refractivity contribution in [1.29, 1.82) is 0 Å². The quantitative estimate of drug-likeness (QED) is 0.258.